The maximum Gasteiger partial charge on any atom is 0.270 e. The number of carbonyl (C=O) groups excluding carboxylic acids is 1. The molecule has 1 aliphatic rings. The highest BCUT2D eigenvalue weighted by Gasteiger charge is 2.19. The minimum Gasteiger partial charge on any atom is -0.374 e. The lowest BCUT2D eigenvalue weighted by Crippen LogP contribution is -2.44. The van der Waals surface area contributed by atoms with Crippen LogP contribution in [0.4, 0.5) is 11.5 Å². The van der Waals surface area contributed by atoms with E-state index in [1.807, 2.05) is 0 Å². The number of piperazine rings is 1. The molecule has 30 heavy (non-hydrogen) atoms. The number of benzene rings is 1. The van der Waals surface area contributed by atoms with Gasteiger partial charge in [0.25, 0.3) is 5.69 Å². The fourth-order valence-electron chi connectivity index (χ4n) is 3.44. The normalized spacial score (nSPS) is 14.6. The number of anilines is 1. The van der Waals surface area contributed by atoms with E-state index in [0.717, 1.165) is 48.6 Å². The number of thiophene rings is 1. The van der Waals surface area contributed by atoms with E-state index in [9.17, 15) is 14.9 Å². The first-order valence-electron chi connectivity index (χ1n) is 9.74. The molecule has 4 rings (SSSR count). The van der Waals surface area contributed by atoms with Crippen LogP contribution in [-0.2, 0) is 6.42 Å². The number of non-ortho nitro benzene ring substituents is 1. The Bertz CT molecular complexity index is 1120. The summed E-state index contributed by atoms with van der Waals surface area (Å²) in [6.45, 7) is 5.24. The maximum absolute atomic E-state index is 12.4. The third kappa shape index (κ3) is 4.16. The summed E-state index contributed by atoms with van der Waals surface area (Å²) in [6.07, 6.45) is 5.85. The molecule has 1 saturated heterocycles. The highest BCUT2D eigenvalue weighted by molar-refractivity contribution is 7.18. The van der Waals surface area contributed by atoms with Crippen LogP contribution >= 0.6 is 11.3 Å². The van der Waals surface area contributed by atoms with E-state index in [1.54, 1.807) is 29.9 Å². The Labute approximate surface area is 177 Å². The number of nitrogens with zero attached hydrogens (tertiary/aromatic N) is 5. The molecule has 0 aliphatic carbocycles. The zero-order valence-electron chi connectivity index (χ0n) is 16.5. The van der Waals surface area contributed by atoms with E-state index in [0.29, 0.717) is 5.56 Å². The molecule has 0 N–H and O–H groups in total. The molecule has 8 nitrogen and oxygen atoms in total. The number of nitro benzene ring substituents is 1. The standard InChI is InChI=1S/C21H21N5O3S/c1-2-17-13-18-20(22-14-23-21(18)30-17)25-10-8-24(9-11-25)7-6-19(27)15-4-3-5-16(12-15)26(28)29/h3-7,12-14H,2,8-11H2,1H3. The van der Waals surface area contributed by atoms with E-state index in [-0.39, 0.29) is 11.5 Å². The second-order valence-corrected chi connectivity index (χ2v) is 8.11. The average molecular weight is 423 g/mol. The molecular formula is C21H21N5O3S. The number of ketones is 1. The molecule has 0 atom stereocenters. The first-order chi connectivity index (χ1) is 14.5. The zero-order valence-corrected chi connectivity index (χ0v) is 17.3. The van der Waals surface area contributed by atoms with Crippen LogP contribution in [-0.4, -0.2) is 51.8 Å². The Morgan fingerprint density at radius 1 is 1.23 bits per heavy atom. The number of hydrogen-bond acceptors (Lipinski definition) is 8. The smallest absolute Gasteiger partial charge is 0.270 e. The zero-order chi connectivity index (χ0) is 21.1. The van der Waals surface area contributed by atoms with Gasteiger partial charge in [-0.1, -0.05) is 19.1 Å². The molecule has 1 aliphatic heterocycles. The molecule has 1 aromatic carbocycles. The molecule has 2 aromatic heterocycles. The van der Waals surface area contributed by atoms with Crippen LogP contribution < -0.4 is 4.90 Å². The van der Waals surface area contributed by atoms with E-state index >= 15 is 0 Å². The summed E-state index contributed by atoms with van der Waals surface area (Å²) in [5.41, 5.74) is 0.227. The molecular weight excluding hydrogens is 402 g/mol. The van der Waals surface area contributed by atoms with Crippen molar-refractivity contribution in [1.82, 2.24) is 14.9 Å². The van der Waals surface area contributed by atoms with Crippen LogP contribution in [0.1, 0.15) is 22.2 Å². The monoisotopic (exact) mass is 423 g/mol. The van der Waals surface area contributed by atoms with Gasteiger partial charge in [0.15, 0.2) is 5.78 Å². The van der Waals surface area contributed by atoms with E-state index in [1.165, 1.54) is 29.2 Å². The van der Waals surface area contributed by atoms with Crippen LogP contribution in [0, 0.1) is 10.1 Å². The topological polar surface area (TPSA) is 92.5 Å². The molecule has 3 aromatic rings. The number of fused-ring (bicyclic) bond motifs is 1. The van der Waals surface area contributed by atoms with E-state index < -0.39 is 4.92 Å². The van der Waals surface area contributed by atoms with Crippen LogP contribution in [0.3, 0.4) is 0 Å². The van der Waals surface area contributed by atoms with Gasteiger partial charge in [-0.25, -0.2) is 9.97 Å². The average Bonchev–Trinajstić information content (AvgIpc) is 3.21. The minimum atomic E-state index is -0.499. The van der Waals surface area contributed by atoms with Gasteiger partial charge in [-0.05, 0) is 12.5 Å². The number of nitro groups is 1. The van der Waals surface area contributed by atoms with Gasteiger partial charge in [-0.3, -0.25) is 14.9 Å². The Morgan fingerprint density at radius 2 is 2.03 bits per heavy atom. The van der Waals surface area contributed by atoms with Crippen molar-refractivity contribution in [1.29, 1.82) is 0 Å². The lowest BCUT2D eigenvalue weighted by Gasteiger charge is -2.35. The number of carbonyl (C=O) groups is 1. The summed E-state index contributed by atoms with van der Waals surface area (Å²) < 4.78 is 0. The Kier molecular flexibility index (Phi) is 5.71. The number of hydrogen-bond donors (Lipinski definition) is 0. The number of allylic oxidation sites excluding steroid dienone is 1. The number of aromatic nitrogens is 2. The minimum absolute atomic E-state index is 0.0845. The molecule has 3 heterocycles. The van der Waals surface area contributed by atoms with Gasteiger partial charge in [0.1, 0.15) is 17.0 Å². The second-order valence-electron chi connectivity index (χ2n) is 6.99. The Balaban J connectivity index is 1.40. The SMILES string of the molecule is CCc1cc2c(N3CCN(C=CC(=O)c4cccc([N+](=O)[O-])c4)CC3)ncnc2s1. The van der Waals surface area contributed by atoms with Crippen molar-refractivity contribution < 1.29 is 9.72 Å². The third-order valence-electron chi connectivity index (χ3n) is 5.10. The van der Waals surface area contributed by atoms with E-state index in [2.05, 4.69) is 32.8 Å². The van der Waals surface area contributed by atoms with Crippen LogP contribution in [0.2, 0.25) is 0 Å². The van der Waals surface area contributed by atoms with Gasteiger partial charge in [0.2, 0.25) is 0 Å². The fourth-order valence-corrected chi connectivity index (χ4v) is 4.37. The molecule has 0 spiro atoms. The fraction of sp³-hybridized carbons (Fsp3) is 0.286. The Hall–Kier alpha value is -3.33. The van der Waals surface area contributed by atoms with E-state index in [4.69, 9.17) is 0 Å². The highest BCUT2D eigenvalue weighted by atomic mass is 32.1. The van der Waals surface area contributed by atoms with Gasteiger partial charge in [-0.2, -0.15) is 0 Å². The van der Waals surface area contributed by atoms with Crippen molar-refractivity contribution in [3.05, 3.63) is 69.5 Å². The molecule has 0 unspecified atom stereocenters. The molecule has 154 valence electrons. The summed E-state index contributed by atoms with van der Waals surface area (Å²) in [6, 6.07) is 7.97. The van der Waals surface area contributed by atoms with Crippen molar-refractivity contribution in [2.75, 3.05) is 31.1 Å². The summed E-state index contributed by atoms with van der Waals surface area (Å²) >= 11 is 1.71. The van der Waals surface area contributed by atoms with Crippen molar-refractivity contribution >= 4 is 38.8 Å². The summed E-state index contributed by atoms with van der Waals surface area (Å²) in [7, 11) is 0. The predicted molar refractivity (Wildman–Crippen MR) is 117 cm³/mol. The number of rotatable bonds is 6. The van der Waals surface area contributed by atoms with Gasteiger partial charge in [-0.15, -0.1) is 11.3 Å². The van der Waals surface area contributed by atoms with Crippen LogP contribution in [0.15, 0.2) is 48.9 Å². The summed E-state index contributed by atoms with van der Waals surface area (Å²) in [4.78, 5) is 38.3. The van der Waals surface area contributed by atoms with Crippen molar-refractivity contribution in [2.24, 2.45) is 0 Å². The molecule has 1 fully saturated rings. The maximum atomic E-state index is 12.4. The van der Waals surface area contributed by atoms with Crippen LogP contribution in [0.5, 0.6) is 0 Å². The summed E-state index contributed by atoms with van der Waals surface area (Å²) in [5.74, 6) is 0.719. The molecule has 0 amide bonds. The molecule has 0 radical (unpaired) electrons. The third-order valence-corrected chi connectivity index (χ3v) is 6.29. The van der Waals surface area contributed by atoms with Crippen LogP contribution in [0.25, 0.3) is 10.2 Å². The number of aryl methyl sites for hydroxylation is 1. The van der Waals surface area contributed by atoms with Crippen molar-refractivity contribution in [2.45, 2.75) is 13.3 Å². The molecule has 9 heteroatoms. The lowest BCUT2D eigenvalue weighted by atomic mass is 10.1. The van der Waals surface area contributed by atoms with Gasteiger partial charge in [0.05, 0.1) is 10.3 Å². The second kappa shape index (κ2) is 8.58. The van der Waals surface area contributed by atoms with Crippen molar-refractivity contribution in [3.8, 4) is 0 Å². The van der Waals surface area contributed by atoms with Gasteiger partial charge >= 0.3 is 0 Å². The first kappa shape index (κ1) is 20.0. The lowest BCUT2D eigenvalue weighted by molar-refractivity contribution is -0.384. The van der Waals surface area contributed by atoms with Gasteiger partial charge < -0.3 is 9.80 Å². The molecule has 0 saturated carbocycles. The quantitative estimate of drug-likeness (QED) is 0.258. The van der Waals surface area contributed by atoms with Gasteiger partial charge in [0, 0.05) is 61.0 Å². The van der Waals surface area contributed by atoms with Crippen molar-refractivity contribution in [3.63, 3.8) is 0 Å². The highest BCUT2D eigenvalue weighted by Crippen LogP contribution is 2.31. The largest absolute Gasteiger partial charge is 0.374 e. The Morgan fingerprint density at radius 3 is 2.77 bits per heavy atom. The molecule has 0 bridgehead atoms. The summed E-state index contributed by atoms with van der Waals surface area (Å²) in [5, 5.41) is 12.0. The first-order valence-corrected chi connectivity index (χ1v) is 10.6. The predicted octanol–water partition coefficient (Wildman–Crippen LogP) is 3.68.